The van der Waals surface area contributed by atoms with Crippen LogP contribution in [0.2, 0.25) is 0 Å². The lowest BCUT2D eigenvalue weighted by Gasteiger charge is -2.29. The van der Waals surface area contributed by atoms with E-state index in [1.54, 1.807) is 25.9 Å². The SMILES string of the molecule is COc1cc2cc(c1OC)CCCNC(=O)C[C@@H]1CC[C@H](CNC(=O)CC2)N1Cc1nc2c(cnn2C)c(=O)[nH]1. The molecule has 4 bridgehead atoms. The lowest BCUT2D eigenvalue weighted by Crippen LogP contribution is -2.44. The number of amides is 2. The molecular weight excluding hydrogens is 514 g/mol. The highest BCUT2D eigenvalue weighted by Gasteiger charge is 2.35. The Bertz CT molecular complexity index is 1450. The van der Waals surface area contributed by atoms with E-state index in [1.807, 2.05) is 6.07 Å². The molecule has 0 spiro atoms. The van der Waals surface area contributed by atoms with E-state index in [9.17, 15) is 14.4 Å². The number of hydrogen-bond donors (Lipinski definition) is 3. The fourth-order valence-corrected chi connectivity index (χ4v) is 5.84. The Balaban J connectivity index is 1.36. The van der Waals surface area contributed by atoms with Gasteiger partial charge >= 0.3 is 0 Å². The van der Waals surface area contributed by atoms with Crippen molar-refractivity contribution >= 4 is 22.8 Å². The average Bonchev–Trinajstić information content (AvgIpc) is 3.50. The average molecular weight is 552 g/mol. The number of aromatic amines is 1. The predicted octanol–water partition coefficient (Wildman–Crippen LogP) is 1.21. The van der Waals surface area contributed by atoms with Crippen LogP contribution in [0, 0.1) is 0 Å². The van der Waals surface area contributed by atoms with E-state index in [1.165, 1.54) is 6.20 Å². The van der Waals surface area contributed by atoms with Gasteiger partial charge in [-0.1, -0.05) is 6.07 Å². The molecule has 2 amide bonds. The van der Waals surface area contributed by atoms with Crippen molar-refractivity contribution in [2.24, 2.45) is 7.05 Å². The van der Waals surface area contributed by atoms with Gasteiger partial charge < -0.3 is 25.1 Å². The number of fused-ring (bicyclic) bond motifs is 5. The summed E-state index contributed by atoms with van der Waals surface area (Å²) in [6.45, 7) is 1.35. The van der Waals surface area contributed by atoms with Gasteiger partial charge in [-0.3, -0.25) is 24.0 Å². The van der Waals surface area contributed by atoms with E-state index in [0.717, 1.165) is 30.4 Å². The molecule has 40 heavy (non-hydrogen) atoms. The Kier molecular flexibility index (Phi) is 8.34. The summed E-state index contributed by atoms with van der Waals surface area (Å²) in [5.74, 6) is 1.78. The molecule has 1 fully saturated rings. The third-order valence-electron chi connectivity index (χ3n) is 7.91. The first-order chi connectivity index (χ1) is 19.4. The van der Waals surface area contributed by atoms with Crippen molar-refractivity contribution in [1.29, 1.82) is 0 Å². The van der Waals surface area contributed by atoms with Gasteiger partial charge in [-0.05, 0) is 49.3 Å². The molecule has 214 valence electrons. The summed E-state index contributed by atoms with van der Waals surface area (Å²) in [5, 5.41) is 10.7. The van der Waals surface area contributed by atoms with Crippen LogP contribution in [0.5, 0.6) is 11.5 Å². The molecule has 2 aliphatic heterocycles. The lowest BCUT2D eigenvalue weighted by molar-refractivity contribution is -0.123. The summed E-state index contributed by atoms with van der Waals surface area (Å²) >= 11 is 0. The molecule has 0 radical (unpaired) electrons. The standard InChI is InChI=1S/C28H37N7O5/c1-34-27-21(15-31-34)28(38)33-23(32-27)16-35-19-7-8-20(35)14-30-24(36)9-6-17-11-18(5-4-10-29-25(37)13-19)26(40-3)22(12-17)39-2/h11-12,15,19-20H,4-10,13-14,16H2,1-3H3,(H,29,37)(H,30,36)(H,32,33,38)/t19-,20+/m0/s1. The number of nitrogens with one attached hydrogen (secondary N) is 3. The van der Waals surface area contributed by atoms with Crippen molar-refractivity contribution in [3.63, 3.8) is 0 Å². The Morgan fingerprint density at radius 3 is 2.62 bits per heavy atom. The molecule has 2 atom stereocenters. The molecule has 12 heteroatoms. The molecule has 0 saturated carbocycles. The van der Waals surface area contributed by atoms with Crippen molar-refractivity contribution in [1.82, 2.24) is 35.3 Å². The number of rotatable bonds is 4. The number of nitrogens with zero attached hydrogens (tertiary/aromatic N) is 4. The first-order valence-electron chi connectivity index (χ1n) is 13.8. The van der Waals surface area contributed by atoms with Crippen molar-refractivity contribution in [2.45, 2.75) is 63.6 Å². The molecular formula is C28H37N7O5. The van der Waals surface area contributed by atoms with Crippen LogP contribution in [0.1, 0.15) is 49.1 Å². The van der Waals surface area contributed by atoms with Crippen LogP contribution < -0.4 is 25.7 Å². The zero-order valence-corrected chi connectivity index (χ0v) is 23.3. The van der Waals surface area contributed by atoms with Gasteiger partial charge in [0.25, 0.3) is 5.56 Å². The van der Waals surface area contributed by atoms with Gasteiger partial charge in [-0.15, -0.1) is 0 Å². The van der Waals surface area contributed by atoms with E-state index >= 15 is 0 Å². The third-order valence-corrected chi connectivity index (χ3v) is 7.91. The van der Waals surface area contributed by atoms with E-state index in [2.05, 4.69) is 36.7 Å². The number of hydrogen-bond acceptors (Lipinski definition) is 8. The van der Waals surface area contributed by atoms with E-state index in [4.69, 9.17) is 9.47 Å². The highest BCUT2D eigenvalue weighted by Crippen LogP contribution is 2.34. The number of benzene rings is 1. The van der Waals surface area contributed by atoms with Crippen LogP contribution in [0.3, 0.4) is 0 Å². The minimum Gasteiger partial charge on any atom is -0.493 e. The first-order valence-corrected chi connectivity index (χ1v) is 13.8. The van der Waals surface area contributed by atoms with Gasteiger partial charge in [0.2, 0.25) is 11.8 Å². The van der Waals surface area contributed by atoms with E-state index < -0.39 is 0 Å². The second-order valence-electron chi connectivity index (χ2n) is 10.5. The van der Waals surface area contributed by atoms with Crippen LogP contribution >= 0.6 is 0 Å². The molecule has 0 unspecified atom stereocenters. The summed E-state index contributed by atoms with van der Waals surface area (Å²) in [5.41, 5.74) is 2.26. The largest absolute Gasteiger partial charge is 0.493 e. The predicted molar refractivity (Wildman–Crippen MR) is 148 cm³/mol. The van der Waals surface area contributed by atoms with Gasteiger partial charge in [-0.25, -0.2) is 4.98 Å². The van der Waals surface area contributed by atoms with Gasteiger partial charge in [-0.2, -0.15) is 5.10 Å². The van der Waals surface area contributed by atoms with E-state index in [-0.39, 0.29) is 29.5 Å². The fraction of sp³-hybridized carbons (Fsp3) is 0.536. The van der Waals surface area contributed by atoms with Crippen molar-refractivity contribution in [3.05, 3.63) is 45.6 Å². The molecule has 5 rings (SSSR count). The number of aryl methyl sites for hydroxylation is 3. The number of carbonyl (C=O) groups is 2. The zero-order valence-electron chi connectivity index (χ0n) is 23.3. The Labute approximate surface area is 232 Å². The summed E-state index contributed by atoms with van der Waals surface area (Å²) in [4.78, 5) is 48.2. The Morgan fingerprint density at radius 1 is 1.00 bits per heavy atom. The van der Waals surface area contributed by atoms with Crippen molar-refractivity contribution in [2.75, 3.05) is 27.3 Å². The molecule has 1 aromatic carbocycles. The maximum absolute atomic E-state index is 13.0. The van der Waals surface area contributed by atoms with Gasteiger partial charge in [0.05, 0.1) is 27.0 Å². The molecule has 1 saturated heterocycles. The minimum absolute atomic E-state index is 0.0117. The Hall–Kier alpha value is -3.93. The molecule has 0 aliphatic carbocycles. The topological polar surface area (TPSA) is 143 Å². The quantitative estimate of drug-likeness (QED) is 0.439. The summed E-state index contributed by atoms with van der Waals surface area (Å²) in [6.07, 6.45) is 5.83. The van der Waals surface area contributed by atoms with Crippen LogP contribution in [0.15, 0.2) is 23.1 Å². The highest BCUT2D eigenvalue weighted by atomic mass is 16.5. The molecule has 2 aliphatic rings. The second-order valence-corrected chi connectivity index (χ2v) is 10.5. The number of ether oxygens (including phenoxy) is 2. The lowest BCUT2D eigenvalue weighted by atomic mass is 10.0. The van der Waals surface area contributed by atoms with Crippen molar-refractivity contribution in [3.8, 4) is 11.5 Å². The van der Waals surface area contributed by atoms with Crippen LogP contribution in [0.4, 0.5) is 0 Å². The maximum atomic E-state index is 13.0. The first kappa shape index (κ1) is 27.6. The smallest absolute Gasteiger partial charge is 0.262 e. The molecule has 2 aromatic heterocycles. The number of aromatic nitrogens is 4. The van der Waals surface area contributed by atoms with Gasteiger partial charge in [0.15, 0.2) is 17.1 Å². The summed E-state index contributed by atoms with van der Waals surface area (Å²) in [6, 6.07) is 3.95. The fourth-order valence-electron chi connectivity index (χ4n) is 5.84. The monoisotopic (exact) mass is 551 g/mol. The van der Waals surface area contributed by atoms with E-state index in [0.29, 0.717) is 73.7 Å². The molecule has 3 aromatic rings. The van der Waals surface area contributed by atoms with Crippen LogP contribution in [-0.2, 0) is 36.0 Å². The molecule has 3 N–H and O–H groups in total. The normalized spacial score (nSPS) is 21.1. The number of methoxy groups -OCH3 is 2. The number of H-pyrrole nitrogens is 1. The van der Waals surface area contributed by atoms with Crippen molar-refractivity contribution < 1.29 is 19.1 Å². The third kappa shape index (κ3) is 5.96. The number of carbonyl (C=O) groups excluding carboxylic acids is 2. The minimum atomic E-state index is -0.242. The van der Waals surface area contributed by atoms with Gasteiger partial charge in [0, 0.05) is 45.1 Å². The van der Waals surface area contributed by atoms with Gasteiger partial charge in [0.1, 0.15) is 11.2 Å². The molecule has 12 nitrogen and oxygen atoms in total. The summed E-state index contributed by atoms with van der Waals surface area (Å²) < 4.78 is 12.7. The maximum Gasteiger partial charge on any atom is 0.262 e. The zero-order chi connectivity index (χ0) is 28.2. The highest BCUT2D eigenvalue weighted by molar-refractivity contribution is 5.77. The van der Waals surface area contributed by atoms with Crippen LogP contribution in [0.25, 0.3) is 11.0 Å². The Morgan fingerprint density at radius 2 is 1.82 bits per heavy atom. The second kappa shape index (κ2) is 12.1. The van der Waals surface area contributed by atoms with Crippen LogP contribution in [-0.4, -0.2) is 75.9 Å². The summed E-state index contributed by atoms with van der Waals surface area (Å²) in [7, 11) is 4.97. The molecule has 4 heterocycles.